The number of carbonyl (C=O) groups is 1. The zero-order valence-corrected chi connectivity index (χ0v) is 15.3. The lowest BCUT2D eigenvalue weighted by Gasteiger charge is -2.17. The highest BCUT2D eigenvalue weighted by molar-refractivity contribution is 5.94. The lowest BCUT2D eigenvalue weighted by Crippen LogP contribution is -2.39. The number of anilines is 1. The van der Waals surface area contributed by atoms with E-state index in [2.05, 4.69) is 10.4 Å². The minimum atomic E-state index is -0.765. The molecule has 0 spiro atoms. The Morgan fingerprint density at radius 3 is 2.50 bits per heavy atom. The Balaban J connectivity index is 2.25. The third-order valence-corrected chi connectivity index (χ3v) is 3.76. The van der Waals surface area contributed by atoms with Crippen molar-refractivity contribution in [2.75, 3.05) is 40.4 Å². The Morgan fingerprint density at radius 2 is 1.88 bits per heavy atom. The number of amides is 1. The Bertz CT molecular complexity index is 747. The van der Waals surface area contributed by atoms with Gasteiger partial charge in [0.25, 0.3) is 0 Å². The monoisotopic (exact) mass is 364 g/mol. The predicted molar refractivity (Wildman–Crippen MR) is 95.9 cm³/mol. The molecule has 0 saturated heterocycles. The lowest BCUT2D eigenvalue weighted by atomic mass is 10.1. The molecule has 1 atom stereocenters. The number of nitrogens with two attached hydrogens (primary N) is 1. The van der Waals surface area contributed by atoms with E-state index in [9.17, 15) is 4.79 Å². The zero-order valence-electron chi connectivity index (χ0n) is 15.3. The van der Waals surface area contributed by atoms with Crippen LogP contribution in [0.25, 0.3) is 0 Å². The maximum atomic E-state index is 12.1. The third-order valence-electron chi connectivity index (χ3n) is 3.76. The van der Waals surface area contributed by atoms with Crippen LogP contribution in [0.4, 0.5) is 5.82 Å². The van der Waals surface area contributed by atoms with Gasteiger partial charge in [-0.3, -0.25) is 4.79 Å². The summed E-state index contributed by atoms with van der Waals surface area (Å²) in [7, 11) is 6.14. The van der Waals surface area contributed by atoms with Crippen molar-refractivity contribution < 1.29 is 23.7 Å². The molecule has 9 nitrogen and oxygen atoms in total. The number of nitrogens with zero attached hydrogens (tertiary/aromatic N) is 2. The Labute approximate surface area is 152 Å². The summed E-state index contributed by atoms with van der Waals surface area (Å²) in [5.41, 5.74) is 6.56. The van der Waals surface area contributed by atoms with Gasteiger partial charge < -0.3 is 30.0 Å². The number of hydrogen-bond donors (Lipinski definition) is 2. The van der Waals surface area contributed by atoms with E-state index in [1.165, 1.54) is 7.11 Å². The molecule has 0 radical (unpaired) electrons. The largest absolute Gasteiger partial charge is 0.493 e. The van der Waals surface area contributed by atoms with E-state index in [-0.39, 0.29) is 12.5 Å². The van der Waals surface area contributed by atoms with Gasteiger partial charge >= 0.3 is 0 Å². The van der Waals surface area contributed by atoms with Gasteiger partial charge in [0, 0.05) is 18.7 Å². The molecule has 2 aromatic rings. The van der Waals surface area contributed by atoms with Gasteiger partial charge in [-0.15, -0.1) is 0 Å². The van der Waals surface area contributed by atoms with Crippen molar-refractivity contribution in [2.24, 2.45) is 5.73 Å². The van der Waals surface area contributed by atoms with Crippen LogP contribution in [0, 0.1) is 0 Å². The number of methoxy groups -OCH3 is 4. The van der Waals surface area contributed by atoms with Crippen LogP contribution in [-0.2, 0) is 16.1 Å². The summed E-state index contributed by atoms with van der Waals surface area (Å²) in [6, 6.07) is 4.56. The summed E-state index contributed by atoms with van der Waals surface area (Å²) in [6.07, 6.45) is 1.59. The van der Waals surface area contributed by atoms with Gasteiger partial charge in [-0.1, -0.05) is 0 Å². The fraction of sp³-hybridized carbons (Fsp3) is 0.412. The second-order valence-corrected chi connectivity index (χ2v) is 5.42. The van der Waals surface area contributed by atoms with Gasteiger partial charge in [-0.05, 0) is 12.1 Å². The van der Waals surface area contributed by atoms with Crippen LogP contribution >= 0.6 is 0 Å². The maximum absolute atomic E-state index is 12.1. The van der Waals surface area contributed by atoms with Crippen LogP contribution < -0.4 is 25.3 Å². The first-order valence-electron chi connectivity index (χ1n) is 7.90. The number of ether oxygens (including phenoxy) is 4. The second kappa shape index (κ2) is 9.07. The number of benzene rings is 1. The van der Waals surface area contributed by atoms with Crippen molar-refractivity contribution in [1.29, 1.82) is 0 Å². The minimum absolute atomic E-state index is 0.128. The highest BCUT2D eigenvalue weighted by Gasteiger charge is 2.19. The van der Waals surface area contributed by atoms with Crippen molar-refractivity contribution in [1.82, 2.24) is 9.78 Å². The molecular formula is C17H24N4O5. The molecule has 0 aliphatic heterocycles. The molecule has 26 heavy (non-hydrogen) atoms. The van der Waals surface area contributed by atoms with Crippen molar-refractivity contribution >= 4 is 11.7 Å². The molecule has 9 heteroatoms. The van der Waals surface area contributed by atoms with Gasteiger partial charge in [0.05, 0.1) is 40.7 Å². The fourth-order valence-electron chi connectivity index (χ4n) is 2.49. The van der Waals surface area contributed by atoms with E-state index < -0.39 is 6.04 Å². The highest BCUT2D eigenvalue weighted by Crippen LogP contribution is 2.40. The van der Waals surface area contributed by atoms with Gasteiger partial charge in [-0.2, -0.15) is 5.10 Å². The normalized spacial score (nSPS) is 11.7. The third kappa shape index (κ3) is 4.24. The van der Waals surface area contributed by atoms with Crippen molar-refractivity contribution in [2.45, 2.75) is 12.6 Å². The molecule has 2 rings (SSSR count). The molecule has 1 unspecified atom stereocenters. The molecule has 1 heterocycles. The van der Waals surface area contributed by atoms with Gasteiger partial charge in [-0.25, -0.2) is 4.68 Å². The minimum Gasteiger partial charge on any atom is -0.493 e. The average Bonchev–Trinajstić information content (AvgIpc) is 3.07. The molecule has 0 saturated carbocycles. The number of aromatic nitrogens is 2. The fourth-order valence-corrected chi connectivity index (χ4v) is 2.49. The van der Waals surface area contributed by atoms with Crippen LogP contribution in [0.5, 0.6) is 17.2 Å². The summed E-state index contributed by atoms with van der Waals surface area (Å²) in [4.78, 5) is 12.1. The first-order chi connectivity index (χ1) is 12.5. The summed E-state index contributed by atoms with van der Waals surface area (Å²) < 4.78 is 22.7. The van der Waals surface area contributed by atoms with E-state index in [1.54, 1.807) is 44.3 Å². The topological polar surface area (TPSA) is 110 Å². The van der Waals surface area contributed by atoms with Crippen LogP contribution in [-0.4, -0.2) is 56.8 Å². The Hall–Kier alpha value is -2.78. The van der Waals surface area contributed by atoms with Crippen molar-refractivity contribution in [3.05, 3.63) is 30.0 Å². The second-order valence-electron chi connectivity index (χ2n) is 5.42. The average molecular weight is 364 g/mol. The van der Waals surface area contributed by atoms with Crippen molar-refractivity contribution in [3.8, 4) is 17.2 Å². The summed E-state index contributed by atoms with van der Waals surface area (Å²) in [5, 5.41) is 6.99. The number of nitrogens with one attached hydrogen (secondary N) is 1. The molecule has 1 amide bonds. The maximum Gasteiger partial charge on any atom is 0.244 e. The smallest absolute Gasteiger partial charge is 0.244 e. The molecule has 3 N–H and O–H groups in total. The molecule has 0 fully saturated rings. The van der Waals surface area contributed by atoms with E-state index in [4.69, 9.17) is 24.7 Å². The SMILES string of the molecule is COCC(N)C(=O)Nc1ccnn1Cc1ccc(OC)c(OC)c1OC. The number of hydrogen-bond acceptors (Lipinski definition) is 7. The van der Waals surface area contributed by atoms with E-state index in [0.29, 0.717) is 29.6 Å². The summed E-state index contributed by atoms with van der Waals surface area (Å²) in [6.45, 7) is 0.481. The molecule has 1 aromatic heterocycles. The first kappa shape index (κ1) is 19.5. The zero-order chi connectivity index (χ0) is 19.1. The first-order valence-corrected chi connectivity index (χ1v) is 7.90. The van der Waals surface area contributed by atoms with Crippen LogP contribution in [0.3, 0.4) is 0 Å². The quantitative estimate of drug-likeness (QED) is 0.679. The van der Waals surface area contributed by atoms with Crippen LogP contribution in [0.15, 0.2) is 24.4 Å². The predicted octanol–water partition coefficient (Wildman–Crippen LogP) is 0.869. The Kier molecular flexibility index (Phi) is 6.81. The van der Waals surface area contributed by atoms with E-state index in [1.807, 2.05) is 6.07 Å². The molecule has 0 aliphatic rings. The number of carbonyl (C=O) groups excluding carboxylic acids is 1. The highest BCUT2D eigenvalue weighted by atomic mass is 16.5. The van der Waals surface area contributed by atoms with E-state index >= 15 is 0 Å². The molecular weight excluding hydrogens is 340 g/mol. The summed E-state index contributed by atoms with van der Waals surface area (Å²) in [5.74, 6) is 1.75. The molecule has 0 aliphatic carbocycles. The molecule has 1 aromatic carbocycles. The molecule has 0 bridgehead atoms. The van der Waals surface area contributed by atoms with Gasteiger partial charge in [0.1, 0.15) is 11.9 Å². The van der Waals surface area contributed by atoms with Gasteiger partial charge in [0.15, 0.2) is 11.5 Å². The van der Waals surface area contributed by atoms with Crippen LogP contribution in [0.2, 0.25) is 0 Å². The number of rotatable bonds is 9. The molecule has 142 valence electrons. The standard InChI is InChI=1S/C17H24N4O5/c1-23-10-12(18)17(22)20-14-7-8-19-21(14)9-11-5-6-13(24-2)16(26-4)15(11)25-3/h5-8,12H,9-10,18H2,1-4H3,(H,20,22). The summed E-state index contributed by atoms with van der Waals surface area (Å²) >= 11 is 0. The van der Waals surface area contributed by atoms with E-state index in [0.717, 1.165) is 5.56 Å². The lowest BCUT2D eigenvalue weighted by molar-refractivity contribution is -0.118. The van der Waals surface area contributed by atoms with Gasteiger partial charge in [0.2, 0.25) is 11.7 Å². The van der Waals surface area contributed by atoms with Crippen LogP contribution in [0.1, 0.15) is 5.56 Å². The van der Waals surface area contributed by atoms with Crippen molar-refractivity contribution in [3.63, 3.8) is 0 Å². The Morgan fingerprint density at radius 1 is 1.15 bits per heavy atom.